The molecule has 0 amide bonds. The van der Waals surface area contributed by atoms with Gasteiger partial charge in [-0.2, -0.15) is 0 Å². The van der Waals surface area contributed by atoms with Crippen LogP contribution >= 0.6 is 11.6 Å². The van der Waals surface area contributed by atoms with Crippen LogP contribution in [0.4, 0.5) is 0 Å². The van der Waals surface area contributed by atoms with E-state index in [4.69, 9.17) is 11.6 Å². The lowest BCUT2D eigenvalue weighted by atomic mass is 10.1. The highest BCUT2D eigenvalue weighted by molar-refractivity contribution is 6.30. The van der Waals surface area contributed by atoms with Gasteiger partial charge in [-0.1, -0.05) is 23.7 Å². The molecule has 3 heteroatoms. The van der Waals surface area contributed by atoms with Crippen molar-refractivity contribution in [3.8, 4) is 0 Å². The van der Waals surface area contributed by atoms with Crippen molar-refractivity contribution in [2.45, 2.75) is 51.7 Å². The van der Waals surface area contributed by atoms with Crippen molar-refractivity contribution >= 4 is 11.6 Å². The van der Waals surface area contributed by atoms with E-state index in [2.05, 4.69) is 43.1 Å². The molecule has 1 heterocycles. The summed E-state index contributed by atoms with van der Waals surface area (Å²) < 4.78 is 0. The van der Waals surface area contributed by atoms with Crippen LogP contribution < -0.4 is 5.32 Å². The second kappa shape index (κ2) is 6.74. The summed E-state index contributed by atoms with van der Waals surface area (Å²) in [5.74, 6) is 0. The van der Waals surface area contributed by atoms with Gasteiger partial charge in [0.05, 0.1) is 0 Å². The summed E-state index contributed by atoms with van der Waals surface area (Å²) in [6.45, 7) is 9.23. The molecule has 0 saturated carbocycles. The number of hydrogen-bond donors (Lipinski definition) is 1. The fraction of sp³-hybridized carbons (Fsp3) is 0.625. The smallest absolute Gasteiger partial charge is 0.0406 e. The van der Waals surface area contributed by atoms with Crippen molar-refractivity contribution in [1.29, 1.82) is 0 Å². The lowest BCUT2D eigenvalue weighted by molar-refractivity contribution is 0.266. The van der Waals surface area contributed by atoms with Gasteiger partial charge in [-0.15, -0.1) is 0 Å². The van der Waals surface area contributed by atoms with Gasteiger partial charge in [-0.3, -0.25) is 4.90 Å². The van der Waals surface area contributed by atoms with Crippen LogP contribution in [0.2, 0.25) is 5.02 Å². The van der Waals surface area contributed by atoms with Gasteiger partial charge in [-0.25, -0.2) is 0 Å². The Labute approximate surface area is 122 Å². The van der Waals surface area contributed by atoms with Crippen LogP contribution in [0.3, 0.4) is 0 Å². The first kappa shape index (κ1) is 14.8. The molecule has 0 spiro atoms. The number of benzene rings is 1. The molecule has 1 aliphatic heterocycles. The Morgan fingerprint density at radius 1 is 1.26 bits per heavy atom. The predicted octanol–water partition coefficient (Wildman–Crippen LogP) is 3.34. The molecule has 0 aromatic heterocycles. The minimum absolute atomic E-state index is 0.512. The first-order valence-electron chi connectivity index (χ1n) is 7.29. The fourth-order valence-corrected chi connectivity index (χ4v) is 2.95. The molecule has 1 saturated heterocycles. The third kappa shape index (κ3) is 4.48. The Balaban J connectivity index is 1.78. The molecule has 2 nitrogen and oxygen atoms in total. The molecule has 106 valence electrons. The summed E-state index contributed by atoms with van der Waals surface area (Å²) in [6, 6.07) is 10.0. The summed E-state index contributed by atoms with van der Waals surface area (Å²) in [4.78, 5) is 2.55. The maximum absolute atomic E-state index is 5.91. The first-order valence-corrected chi connectivity index (χ1v) is 7.67. The summed E-state index contributed by atoms with van der Waals surface area (Å²) in [5.41, 5.74) is 1.35. The molecule has 0 bridgehead atoms. The Kier molecular flexibility index (Phi) is 5.26. The minimum Gasteiger partial charge on any atom is -0.310 e. The normalized spacial score (nSPS) is 22.1. The molecule has 2 unspecified atom stereocenters. The van der Waals surface area contributed by atoms with E-state index in [-0.39, 0.29) is 0 Å². The van der Waals surface area contributed by atoms with Crippen LogP contribution in [-0.4, -0.2) is 36.1 Å². The Bertz CT molecular complexity index is 388. The Morgan fingerprint density at radius 3 is 2.53 bits per heavy atom. The van der Waals surface area contributed by atoms with Gasteiger partial charge in [0, 0.05) is 29.7 Å². The molecule has 0 aliphatic carbocycles. The molecule has 19 heavy (non-hydrogen) atoms. The summed E-state index contributed by atoms with van der Waals surface area (Å²) in [5, 5.41) is 4.56. The lowest BCUT2D eigenvalue weighted by Crippen LogP contribution is -2.40. The van der Waals surface area contributed by atoms with E-state index >= 15 is 0 Å². The number of halogens is 1. The fourth-order valence-electron chi connectivity index (χ4n) is 2.83. The monoisotopic (exact) mass is 280 g/mol. The number of rotatable bonds is 5. The van der Waals surface area contributed by atoms with E-state index < -0.39 is 0 Å². The number of hydrogen-bond acceptors (Lipinski definition) is 2. The third-order valence-corrected chi connectivity index (χ3v) is 4.18. The van der Waals surface area contributed by atoms with E-state index in [1.165, 1.54) is 25.1 Å². The zero-order valence-electron chi connectivity index (χ0n) is 12.2. The molecule has 1 aliphatic rings. The topological polar surface area (TPSA) is 15.3 Å². The van der Waals surface area contributed by atoms with Crippen LogP contribution in [0.15, 0.2) is 24.3 Å². The average molecular weight is 281 g/mol. The van der Waals surface area contributed by atoms with Crippen molar-refractivity contribution in [3.63, 3.8) is 0 Å². The van der Waals surface area contributed by atoms with Crippen LogP contribution in [0.5, 0.6) is 0 Å². The van der Waals surface area contributed by atoms with Crippen molar-refractivity contribution in [2.75, 3.05) is 13.1 Å². The van der Waals surface area contributed by atoms with Gasteiger partial charge in [0.1, 0.15) is 0 Å². The van der Waals surface area contributed by atoms with E-state index in [1.807, 2.05) is 12.1 Å². The number of likely N-dealkylation sites (tertiary alicyclic amines) is 1. The molecular weight excluding hydrogens is 256 g/mol. The molecular formula is C16H25ClN2. The van der Waals surface area contributed by atoms with Gasteiger partial charge in [0.2, 0.25) is 0 Å². The van der Waals surface area contributed by atoms with Crippen LogP contribution in [0.25, 0.3) is 0 Å². The van der Waals surface area contributed by atoms with Crippen LogP contribution in [0, 0.1) is 0 Å². The second-order valence-corrected chi connectivity index (χ2v) is 6.41. The standard InChI is InChI=1S/C16H25ClN2/c1-12(2)19-9-8-16(11-19)18-13(3)10-14-4-6-15(17)7-5-14/h4-7,12-13,16,18H,8-11H2,1-3H3. The highest BCUT2D eigenvalue weighted by atomic mass is 35.5. The summed E-state index contributed by atoms with van der Waals surface area (Å²) in [6.07, 6.45) is 2.33. The first-order chi connectivity index (χ1) is 9.04. The van der Waals surface area contributed by atoms with Gasteiger partial charge >= 0.3 is 0 Å². The zero-order chi connectivity index (χ0) is 13.8. The van der Waals surface area contributed by atoms with Crippen LogP contribution in [-0.2, 0) is 6.42 Å². The van der Waals surface area contributed by atoms with Gasteiger partial charge < -0.3 is 5.32 Å². The SMILES string of the molecule is CC(Cc1ccc(Cl)cc1)NC1CCN(C(C)C)C1. The van der Waals surface area contributed by atoms with E-state index in [9.17, 15) is 0 Å². The van der Waals surface area contributed by atoms with Gasteiger partial charge in [0.15, 0.2) is 0 Å². The van der Waals surface area contributed by atoms with Crippen molar-refractivity contribution < 1.29 is 0 Å². The number of nitrogens with zero attached hydrogens (tertiary/aromatic N) is 1. The van der Waals surface area contributed by atoms with Crippen molar-refractivity contribution in [3.05, 3.63) is 34.9 Å². The minimum atomic E-state index is 0.512. The largest absolute Gasteiger partial charge is 0.310 e. The maximum atomic E-state index is 5.91. The molecule has 1 aromatic rings. The average Bonchev–Trinajstić information content (AvgIpc) is 2.80. The Morgan fingerprint density at radius 2 is 1.95 bits per heavy atom. The lowest BCUT2D eigenvalue weighted by Gasteiger charge is -2.22. The quantitative estimate of drug-likeness (QED) is 0.890. The predicted molar refractivity (Wildman–Crippen MR) is 82.9 cm³/mol. The Hall–Kier alpha value is -0.570. The number of nitrogens with one attached hydrogen (secondary N) is 1. The van der Waals surface area contributed by atoms with E-state index in [0.717, 1.165) is 11.4 Å². The maximum Gasteiger partial charge on any atom is 0.0406 e. The van der Waals surface area contributed by atoms with Crippen molar-refractivity contribution in [1.82, 2.24) is 10.2 Å². The van der Waals surface area contributed by atoms with E-state index in [1.54, 1.807) is 0 Å². The molecule has 1 aromatic carbocycles. The molecule has 1 N–H and O–H groups in total. The van der Waals surface area contributed by atoms with Crippen LogP contribution in [0.1, 0.15) is 32.8 Å². The van der Waals surface area contributed by atoms with Crippen molar-refractivity contribution in [2.24, 2.45) is 0 Å². The second-order valence-electron chi connectivity index (χ2n) is 5.97. The molecule has 1 fully saturated rings. The molecule has 0 radical (unpaired) electrons. The summed E-state index contributed by atoms with van der Waals surface area (Å²) >= 11 is 5.91. The van der Waals surface area contributed by atoms with Gasteiger partial charge in [0.25, 0.3) is 0 Å². The highest BCUT2D eigenvalue weighted by Crippen LogP contribution is 2.15. The molecule has 2 rings (SSSR count). The van der Waals surface area contributed by atoms with Gasteiger partial charge in [-0.05, 0) is 57.9 Å². The zero-order valence-corrected chi connectivity index (χ0v) is 13.0. The summed E-state index contributed by atoms with van der Waals surface area (Å²) in [7, 11) is 0. The highest BCUT2D eigenvalue weighted by Gasteiger charge is 2.24. The third-order valence-electron chi connectivity index (χ3n) is 3.93. The molecule has 2 atom stereocenters. The van der Waals surface area contributed by atoms with E-state index in [0.29, 0.717) is 18.1 Å².